The summed E-state index contributed by atoms with van der Waals surface area (Å²) in [6.45, 7) is 1.56. The number of hydrogen-bond donors (Lipinski definition) is 0. The molecule has 0 bridgehead atoms. The minimum atomic E-state index is -1.06. The van der Waals surface area contributed by atoms with Gasteiger partial charge in [0.1, 0.15) is 5.92 Å². The van der Waals surface area contributed by atoms with Gasteiger partial charge < -0.3 is 0 Å². The van der Waals surface area contributed by atoms with E-state index in [-0.39, 0.29) is 6.29 Å². The van der Waals surface area contributed by atoms with E-state index in [9.17, 15) is 14.4 Å². The van der Waals surface area contributed by atoms with Crippen molar-refractivity contribution in [2.75, 3.05) is 5.01 Å². The molecule has 86 valence electrons. The maximum Gasteiger partial charge on any atom is 0.264 e. The molecule has 5 nitrogen and oxygen atoms in total. The highest BCUT2D eigenvalue weighted by Crippen LogP contribution is 2.23. The highest BCUT2D eigenvalue weighted by atomic mass is 16.2. The number of carbonyl (C=O) groups is 3. The predicted octanol–water partition coefficient (Wildman–Crippen LogP) is 0.793. The predicted molar refractivity (Wildman–Crippen MR) is 61.6 cm³/mol. The van der Waals surface area contributed by atoms with E-state index >= 15 is 0 Å². The highest BCUT2D eigenvalue weighted by Gasteiger charge is 2.39. The SMILES string of the molecule is CC1=NN(c2ccccc2)C(=O)C1C(=O)C=O. The molecule has 0 saturated carbocycles. The van der Waals surface area contributed by atoms with Crippen molar-refractivity contribution >= 4 is 29.4 Å². The Bertz CT molecular complexity index is 508. The molecule has 1 aromatic rings. The topological polar surface area (TPSA) is 66.8 Å². The second kappa shape index (κ2) is 4.29. The molecule has 0 N–H and O–H groups in total. The van der Waals surface area contributed by atoms with E-state index in [0.717, 1.165) is 5.01 Å². The van der Waals surface area contributed by atoms with Gasteiger partial charge in [-0.2, -0.15) is 10.1 Å². The summed E-state index contributed by atoms with van der Waals surface area (Å²) in [5.41, 5.74) is 0.925. The van der Waals surface area contributed by atoms with Crippen LogP contribution in [0.5, 0.6) is 0 Å². The molecule has 1 aliphatic heterocycles. The number of rotatable bonds is 3. The summed E-state index contributed by atoms with van der Waals surface area (Å²) in [5.74, 6) is -2.30. The molecule has 1 aliphatic rings. The number of benzene rings is 1. The number of hydrazone groups is 1. The van der Waals surface area contributed by atoms with Crippen molar-refractivity contribution in [2.24, 2.45) is 11.0 Å². The third-order valence-electron chi connectivity index (χ3n) is 2.53. The van der Waals surface area contributed by atoms with Crippen LogP contribution < -0.4 is 5.01 Å². The molecule has 1 unspecified atom stereocenters. The highest BCUT2D eigenvalue weighted by molar-refractivity contribution is 6.41. The van der Waals surface area contributed by atoms with Gasteiger partial charge in [0.15, 0.2) is 6.29 Å². The Morgan fingerprint density at radius 1 is 1.35 bits per heavy atom. The molecular weight excluding hydrogens is 220 g/mol. The summed E-state index contributed by atoms with van der Waals surface area (Å²) in [4.78, 5) is 33.7. The van der Waals surface area contributed by atoms with E-state index < -0.39 is 17.6 Å². The molecule has 1 aromatic carbocycles. The number of anilines is 1. The van der Waals surface area contributed by atoms with Gasteiger partial charge in [-0.3, -0.25) is 14.4 Å². The fourth-order valence-electron chi connectivity index (χ4n) is 1.72. The zero-order chi connectivity index (χ0) is 12.4. The van der Waals surface area contributed by atoms with Crippen molar-refractivity contribution in [2.45, 2.75) is 6.92 Å². The molecule has 5 heteroatoms. The average Bonchev–Trinajstić information content (AvgIpc) is 2.65. The van der Waals surface area contributed by atoms with Gasteiger partial charge >= 0.3 is 0 Å². The lowest BCUT2D eigenvalue weighted by atomic mass is 10.00. The van der Waals surface area contributed by atoms with E-state index in [2.05, 4.69) is 5.10 Å². The van der Waals surface area contributed by atoms with Crippen molar-refractivity contribution in [1.82, 2.24) is 0 Å². The second-order valence-electron chi connectivity index (χ2n) is 3.68. The standard InChI is InChI=1S/C12H10N2O3/c1-8-11(10(16)7-15)12(17)14(13-8)9-5-3-2-4-6-9/h2-7,11H,1H3. The van der Waals surface area contributed by atoms with Crippen LogP contribution in [0.1, 0.15) is 6.92 Å². The number of ketones is 1. The normalized spacial score (nSPS) is 19.1. The molecule has 0 aliphatic carbocycles. The van der Waals surface area contributed by atoms with Gasteiger partial charge in [0.25, 0.3) is 5.91 Å². The molecule has 0 radical (unpaired) electrons. The molecule has 0 spiro atoms. The molecule has 0 aromatic heterocycles. The Kier molecular flexibility index (Phi) is 2.82. The third-order valence-corrected chi connectivity index (χ3v) is 2.53. The first-order valence-electron chi connectivity index (χ1n) is 5.08. The Hall–Kier alpha value is -2.30. The smallest absolute Gasteiger partial charge is 0.264 e. The van der Waals surface area contributed by atoms with E-state index in [0.29, 0.717) is 11.4 Å². The summed E-state index contributed by atoms with van der Waals surface area (Å²) < 4.78 is 0. The number of nitrogens with zero attached hydrogens (tertiary/aromatic N) is 2. The van der Waals surface area contributed by atoms with Crippen molar-refractivity contribution in [3.63, 3.8) is 0 Å². The first kappa shape index (κ1) is 11.2. The number of hydrogen-bond acceptors (Lipinski definition) is 4. The minimum absolute atomic E-state index is 0.163. The van der Waals surface area contributed by atoms with Crippen LogP contribution in [-0.4, -0.2) is 23.7 Å². The van der Waals surface area contributed by atoms with Gasteiger partial charge in [0, 0.05) is 0 Å². The average molecular weight is 230 g/mol. The Morgan fingerprint density at radius 2 is 2.00 bits per heavy atom. The molecule has 0 fully saturated rings. The van der Waals surface area contributed by atoms with Crippen LogP contribution in [0.4, 0.5) is 5.69 Å². The van der Waals surface area contributed by atoms with Gasteiger partial charge in [0.2, 0.25) is 5.78 Å². The molecule has 2 rings (SSSR count). The van der Waals surface area contributed by atoms with Gasteiger partial charge in [-0.05, 0) is 19.1 Å². The summed E-state index contributed by atoms with van der Waals surface area (Å²) in [7, 11) is 0. The molecule has 1 atom stereocenters. The lowest BCUT2D eigenvalue weighted by Crippen LogP contribution is -2.33. The van der Waals surface area contributed by atoms with Gasteiger partial charge in [0.05, 0.1) is 11.4 Å². The second-order valence-corrected chi connectivity index (χ2v) is 3.68. The van der Waals surface area contributed by atoms with Gasteiger partial charge in [-0.1, -0.05) is 18.2 Å². The van der Waals surface area contributed by atoms with Crippen LogP contribution in [0.15, 0.2) is 35.4 Å². The third kappa shape index (κ3) is 1.87. The number of carbonyl (C=O) groups excluding carboxylic acids is 3. The lowest BCUT2D eigenvalue weighted by Gasteiger charge is -2.12. The van der Waals surface area contributed by atoms with E-state index in [1.807, 2.05) is 6.07 Å². The van der Waals surface area contributed by atoms with E-state index in [1.54, 1.807) is 31.2 Å². The maximum absolute atomic E-state index is 11.9. The first-order valence-corrected chi connectivity index (χ1v) is 5.08. The monoisotopic (exact) mass is 230 g/mol. The molecule has 17 heavy (non-hydrogen) atoms. The Labute approximate surface area is 97.7 Å². The largest absolute Gasteiger partial charge is 0.295 e. The summed E-state index contributed by atoms with van der Waals surface area (Å²) >= 11 is 0. The van der Waals surface area contributed by atoms with Crippen molar-refractivity contribution in [3.05, 3.63) is 30.3 Å². The van der Waals surface area contributed by atoms with Crippen LogP contribution in [0.3, 0.4) is 0 Å². The van der Waals surface area contributed by atoms with Crippen LogP contribution in [0.2, 0.25) is 0 Å². The van der Waals surface area contributed by atoms with Crippen LogP contribution in [0, 0.1) is 5.92 Å². The fraction of sp³-hybridized carbons (Fsp3) is 0.167. The number of amides is 1. The molecule has 0 saturated heterocycles. The van der Waals surface area contributed by atoms with Crippen LogP contribution >= 0.6 is 0 Å². The Balaban J connectivity index is 2.34. The van der Waals surface area contributed by atoms with Crippen molar-refractivity contribution in [1.29, 1.82) is 0 Å². The van der Waals surface area contributed by atoms with E-state index in [4.69, 9.17) is 0 Å². The first-order chi connectivity index (χ1) is 8.15. The summed E-state index contributed by atoms with van der Waals surface area (Å²) in [6, 6.07) is 8.77. The van der Waals surface area contributed by atoms with Crippen LogP contribution in [-0.2, 0) is 14.4 Å². The lowest BCUT2D eigenvalue weighted by molar-refractivity contribution is -0.135. The molecule has 1 heterocycles. The zero-order valence-electron chi connectivity index (χ0n) is 9.16. The summed E-state index contributed by atoms with van der Waals surface area (Å²) in [5, 5.41) is 5.17. The van der Waals surface area contributed by atoms with Crippen molar-refractivity contribution in [3.8, 4) is 0 Å². The number of para-hydroxylation sites is 1. The Morgan fingerprint density at radius 3 is 2.59 bits per heavy atom. The van der Waals surface area contributed by atoms with E-state index in [1.165, 1.54) is 0 Å². The minimum Gasteiger partial charge on any atom is -0.295 e. The zero-order valence-corrected chi connectivity index (χ0v) is 9.16. The van der Waals surface area contributed by atoms with Gasteiger partial charge in [-0.15, -0.1) is 0 Å². The quantitative estimate of drug-likeness (QED) is 0.438. The maximum atomic E-state index is 11.9. The van der Waals surface area contributed by atoms with Crippen molar-refractivity contribution < 1.29 is 14.4 Å². The summed E-state index contributed by atoms with van der Waals surface area (Å²) in [6.07, 6.45) is 0.163. The number of Topliss-reactive ketones (excluding diaryl/α,β-unsaturated/α-hetero) is 1. The van der Waals surface area contributed by atoms with Gasteiger partial charge in [-0.25, -0.2) is 0 Å². The van der Waals surface area contributed by atoms with Crippen LogP contribution in [0.25, 0.3) is 0 Å². The molecule has 1 amide bonds. The number of aldehydes is 1. The molecular formula is C12H10N2O3. The fourth-order valence-corrected chi connectivity index (χ4v) is 1.72.